The molecule has 1 heterocycles. The van der Waals surface area contributed by atoms with E-state index in [4.69, 9.17) is 4.74 Å². The van der Waals surface area contributed by atoms with E-state index >= 15 is 0 Å². The fraction of sp³-hybridized carbons (Fsp3) is 0.176. The number of benzene rings is 1. The van der Waals surface area contributed by atoms with Crippen molar-refractivity contribution in [1.29, 1.82) is 0 Å². The van der Waals surface area contributed by atoms with Gasteiger partial charge in [0.1, 0.15) is 12.4 Å². The highest BCUT2D eigenvalue weighted by Crippen LogP contribution is 2.14. The Kier molecular flexibility index (Phi) is 5.52. The first-order chi connectivity index (χ1) is 10.3. The highest BCUT2D eigenvalue weighted by molar-refractivity contribution is 5.84. The molecule has 108 valence electrons. The zero-order valence-electron chi connectivity index (χ0n) is 11.8. The van der Waals surface area contributed by atoms with Gasteiger partial charge in [-0.15, -0.1) is 6.58 Å². The Morgan fingerprint density at radius 1 is 1.24 bits per heavy atom. The van der Waals surface area contributed by atoms with Gasteiger partial charge in [0.05, 0.1) is 0 Å². The van der Waals surface area contributed by atoms with Gasteiger partial charge in [0.2, 0.25) is 0 Å². The van der Waals surface area contributed by atoms with Crippen LogP contribution in [0.2, 0.25) is 0 Å². The van der Waals surface area contributed by atoms with Gasteiger partial charge in [-0.1, -0.05) is 42.5 Å². The van der Waals surface area contributed by atoms with Crippen LogP contribution in [0.3, 0.4) is 0 Å². The number of nitrogens with zero attached hydrogens (tertiary/aromatic N) is 1. The minimum absolute atomic E-state index is 0.238. The van der Waals surface area contributed by atoms with Crippen molar-refractivity contribution in [2.24, 2.45) is 0 Å². The number of aryl methyl sites for hydroxylation is 1. The fourth-order valence-electron chi connectivity index (χ4n) is 1.87. The van der Waals surface area contributed by atoms with Crippen LogP contribution in [0.25, 0.3) is 0 Å². The molecule has 0 aliphatic carbocycles. The van der Waals surface area contributed by atoms with E-state index in [-0.39, 0.29) is 6.61 Å². The van der Waals surface area contributed by atoms with Crippen molar-refractivity contribution >= 4 is 11.9 Å². The lowest BCUT2D eigenvalue weighted by molar-refractivity contribution is 0.155. The van der Waals surface area contributed by atoms with Crippen LogP contribution < -0.4 is 5.32 Å². The molecule has 1 aromatic heterocycles. The topological polar surface area (TPSA) is 51.2 Å². The van der Waals surface area contributed by atoms with Crippen LogP contribution in [0.1, 0.15) is 17.5 Å². The van der Waals surface area contributed by atoms with E-state index in [0.29, 0.717) is 5.82 Å². The first-order valence-electron chi connectivity index (χ1n) is 6.82. The van der Waals surface area contributed by atoms with Gasteiger partial charge in [-0.3, -0.25) is 5.32 Å². The van der Waals surface area contributed by atoms with Gasteiger partial charge in [0.15, 0.2) is 0 Å². The number of nitrogens with one attached hydrogen (secondary N) is 1. The number of rotatable bonds is 6. The highest BCUT2D eigenvalue weighted by Gasteiger charge is 2.08. The zero-order valence-corrected chi connectivity index (χ0v) is 11.8. The molecule has 1 N–H and O–H groups in total. The molecule has 0 saturated heterocycles. The molecule has 2 rings (SSSR count). The molecular weight excluding hydrogens is 264 g/mol. The SMILES string of the molecule is C=CCCc1cccnc1NC(=O)OCc1ccccc1. The third-order valence-corrected chi connectivity index (χ3v) is 2.94. The predicted molar refractivity (Wildman–Crippen MR) is 83.0 cm³/mol. The molecule has 1 amide bonds. The van der Waals surface area contributed by atoms with E-state index < -0.39 is 6.09 Å². The second-order valence-corrected chi connectivity index (χ2v) is 4.53. The number of hydrogen-bond donors (Lipinski definition) is 1. The Balaban J connectivity index is 1.91. The lowest BCUT2D eigenvalue weighted by atomic mass is 10.1. The zero-order chi connectivity index (χ0) is 14.9. The summed E-state index contributed by atoms with van der Waals surface area (Å²) < 4.78 is 5.18. The Labute approximate surface area is 124 Å². The lowest BCUT2D eigenvalue weighted by Gasteiger charge is -2.10. The first kappa shape index (κ1) is 14.8. The molecule has 0 spiro atoms. The Bertz CT molecular complexity index is 597. The summed E-state index contributed by atoms with van der Waals surface area (Å²) in [4.78, 5) is 16.0. The summed E-state index contributed by atoms with van der Waals surface area (Å²) in [7, 11) is 0. The van der Waals surface area contributed by atoms with E-state index in [9.17, 15) is 4.79 Å². The molecule has 1 aromatic carbocycles. The fourth-order valence-corrected chi connectivity index (χ4v) is 1.87. The van der Waals surface area contributed by atoms with E-state index in [1.807, 2.05) is 48.5 Å². The smallest absolute Gasteiger partial charge is 0.413 e. The van der Waals surface area contributed by atoms with Crippen LogP contribution in [-0.4, -0.2) is 11.1 Å². The summed E-state index contributed by atoms with van der Waals surface area (Å²) in [5.74, 6) is 0.539. The minimum atomic E-state index is -0.502. The van der Waals surface area contributed by atoms with Crippen LogP contribution in [0.5, 0.6) is 0 Å². The number of amides is 1. The molecule has 2 aromatic rings. The van der Waals surface area contributed by atoms with Gasteiger partial charge in [-0.2, -0.15) is 0 Å². The average molecular weight is 282 g/mol. The maximum atomic E-state index is 11.8. The molecule has 0 atom stereocenters. The van der Waals surface area contributed by atoms with Crippen molar-refractivity contribution in [2.45, 2.75) is 19.4 Å². The minimum Gasteiger partial charge on any atom is -0.444 e. The van der Waals surface area contributed by atoms with Crippen molar-refractivity contribution in [2.75, 3.05) is 5.32 Å². The van der Waals surface area contributed by atoms with Crippen molar-refractivity contribution in [3.05, 3.63) is 72.4 Å². The molecule has 0 fully saturated rings. The molecule has 0 radical (unpaired) electrons. The van der Waals surface area contributed by atoms with Crippen LogP contribution >= 0.6 is 0 Å². The Morgan fingerprint density at radius 2 is 2.05 bits per heavy atom. The highest BCUT2D eigenvalue weighted by atomic mass is 16.5. The standard InChI is InChI=1S/C17H18N2O2/c1-2-3-10-15-11-7-12-18-16(15)19-17(20)21-13-14-8-5-4-6-9-14/h2,4-9,11-12H,1,3,10,13H2,(H,18,19,20). The third kappa shape index (κ3) is 4.76. The van der Waals surface area contributed by atoms with Gasteiger partial charge in [0.25, 0.3) is 0 Å². The molecule has 0 unspecified atom stereocenters. The largest absolute Gasteiger partial charge is 0.444 e. The van der Waals surface area contributed by atoms with Crippen LogP contribution in [0.4, 0.5) is 10.6 Å². The van der Waals surface area contributed by atoms with Gasteiger partial charge in [-0.05, 0) is 30.0 Å². The second kappa shape index (κ2) is 7.85. The summed E-state index contributed by atoms with van der Waals surface area (Å²) in [5.41, 5.74) is 1.91. The van der Waals surface area contributed by atoms with Gasteiger partial charge < -0.3 is 4.74 Å². The number of aromatic nitrogens is 1. The molecule has 0 saturated carbocycles. The van der Waals surface area contributed by atoms with Gasteiger partial charge in [0, 0.05) is 6.20 Å². The maximum Gasteiger partial charge on any atom is 0.413 e. The molecule has 0 aliphatic rings. The predicted octanol–water partition coefficient (Wildman–Crippen LogP) is 3.95. The molecule has 21 heavy (non-hydrogen) atoms. The van der Waals surface area contributed by atoms with Crippen molar-refractivity contribution in [1.82, 2.24) is 4.98 Å². The number of allylic oxidation sites excluding steroid dienone is 1. The summed E-state index contributed by atoms with van der Waals surface area (Å²) in [6, 6.07) is 13.3. The summed E-state index contributed by atoms with van der Waals surface area (Å²) in [5, 5.41) is 2.68. The van der Waals surface area contributed by atoms with Crippen molar-refractivity contribution < 1.29 is 9.53 Å². The Morgan fingerprint density at radius 3 is 2.81 bits per heavy atom. The third-order valence-electron chi connectivity index (χ3n) is 2.94. The lowest BCUT2D eigenvalue weighted by Crippen LogP contribution is -2.15. The molecule has 0 aliphatic heterocycles. The van der Waals surface area contributed by atoms with Gasteiger partial charge in [-0.25, -0.2) is 9.78 Å². The number of anilines is 1. The molecule has 4 heteroatoms. The quantitative estimate of drug-likeness (QED) is 0.816. The monoisotopic (exact) mass is 282 g/mol. The Hall–Kier alpha value is -2.62. The number of carbonyl (C=O) groups is 1. The van der Waals surface area contributed by atoms with E-state index in [1.165, 1.54) is 0 Å². The summed E-state index contributed by atoms with van der Waals surface area (Å²) in [6.07, 6.45) is 4.59. The maximum absolute atomic E-state index is 11.8. The number of carbonyl (C=O) groups excluding carboxylic acids is 1. The molecular formula is C17H18N2O2. The summed E-state index contributed by atoms with van der Waals surface area (Å²) >= 11 is 0. The van der Waals surface area contributed by atoms with Crippen molar-refractivity contribution in [3.63, 3.8) is 0 Å². The van der Waals surface area contributed by atoms with Crippen LogP contribution in [-0.2, 0) is 17.8 Å². The van der Waals surface area contributed by atoms with E-state index in [0.717, 1.165) is 24.0 Å². The van der Waals surface area contributed by atoms with Crippen molar-refractivity contribution in [3.8, 4) is 0 Å². The average Bonchev–Trinajstić information content (AvgIpc) is 2.53. The van der Waals surface area contributed by atoms with Crippen LogP contribution in [0.15, 0.2) is 61.3 Å². The number of pyridine rings is 1. The molecule has 0 bridgehead atoms. The number of ether oxygens (including phenoxy) is 1. The van der Waals surface area contributed by atoms with E-state index in [1.54, 1.807) is 6.20 Å². The normalized spacial score (nSPS) is 9.90. The first-order valence-corrected chi connectivity index (χ1v) is 6.82. The second-order valence-electron chi connectivity index (χ2n) is 4.53. The van der Waals surface area contributed by atoms with Gasteiger partial charge >= 0.3 is 6.09 Å². The van der Waals surface area contributed by atoms with E-state index in [2.05, 4.69) is 16.9 Å². The summed E-state index contributed by atoms with van der Waals surface area (Å²) in [6.45, 7) is 3.93. The van der Waals surface area contributed by atoms with Crippen LogP contribution in [0, 0.1) is 0 Å². The number of hydrogen-bond acceptors (Lipinski definition) is 3. The molecule has 4 nitrogen and oxygen atoms in total.